The van der Waals surface area contributed by atoms with Crippen molar-refractivity contribution in [2.75, 3.05) is 12.8 Å². The number of pyridine rings is 2. The summed E-state index contributed by atoms with van der Waals surface area (Å²) in [6, 6.07) is 5.26. The molecule has 0 aliphatic heterocycles. The molecular weight excluding hydrogens is 230 g/mol. The number of anilines is 1. The second-order valence-corrected chi connectivity index (χ2v) is 3.96. The van der Waals surface area contributed by atoms with E-state index in [2.05, 4.69) is 9.97 Å². The van der Waals surface area contributed by atoms with Crippen molar-refractivity contribution in [2.24, 2.45) is 0 Å². The third kappa shape index (κ3) is 2.26. The van der Waals surface area contributed by atoms with Crippen molar-refractivity contribution in [1.82, 2.24) is 9.97 Å². The molecule has 1 atom stereocenters. The van der Waals surface area contributed by atoms with Gasteiger partial charge in [-0.3, -0.25) is 0 Å². The van der Waals surface area contributed by atoms with Crippen LogP contribution in [0.25, 0.3) is 0 Å². The van der Waals surface area contributed by atoms with Gasteiger partial charge in [0.1, 0.15) is 11.9 Å². The Kier molecular flexibility index (Phi) is 3.43. The van der Waals surface area contributed by atoms with Crippen molar-refractivity contribution in [1.29, 1.82) is 0 Å². The van der Waals surface area contributed by atoms with Crippen LogP contribution in [0.15, 0.2) is 30.6 Å². The lowest BCUT2D eigenvalue weighted by atomic mass is 10.00. The predicted octanol–water partition coefficient (Wildman–Crippen LogP) is 1.46. The van der Waals surface area contributed by atoms with E-state index in [1.54, 1.807) is 31.6 Å². The van der Waals surface area contributed by atoms with Crippen LogP contribution in [0.1, 0.15) is 22.8 Å². The van der Waals surface area contributed by atoms with E-state index in [4.69, 9.17) is 10.5 Å². The first-order valence-electron chi connectivity index (χ1n) is 5.52. The van der Waals surface area contributed by atoms with E-state index in [0.29, 0.717) is 22.8 Å². The van der Waals surface area contributed by atoms with E-state index in [1.165, 1.54) is 0 Å². The van der Waals surface area contributed by atoms with Gasteiger partial charge in [-0.05, 0) is 24.6 Å². The molecule has 0 bridgehead atoms. The molecule has 94 valence electrons. The summed E-state index contributed by atoms with van der Waals surface area (Å²) in [7, 11) is 1.54. The predicted molar refractivity (Wildman–Crippen MR) is 68.2 cm³/mol. The van der Waals surface area contributed by atoms with Gasteiger partial charge in [-0.25, -0.2) is 9.97 Å². The Morgan fingerprint density at radius 3 is 2.61 bits per heavy atom. The third-order valence-corrected chi connectivity index (χ3v) is 2.80. The summed E-state index contributed by atoms with van der Waals surface area (Å²) in [4.78, 5) is 8.05. The van der Waals surface area contributed by atoms with Crippen LogP contribution in [0.5, 0.6) is 5.88 Å². The van der Waals surface area contributed by atoms with Gasteiger partial charge in [-0.2, -0.15) is 0 Å². The van der Waals surface area contributed by atoms with E-state index < -0.39 is 6.10 Å². The van der Waals surface area contributed by atoms with E-state index >= 15 is 0 Å². The molecule has 2 heterocycles. The van der Waals surface area contributed by atoms with Gasteiger partial charge in [0.2, 0.25) is 5.88 Å². The summed E-state index contributed by atoms with van der Waals surface area (Å²) in [6.07, 6.45) is 2.35. The van der Waals surface area contributed by atoms with Crippen LogP contribution in [0, 0.1) is 6.92 Å². The average molecular weight is 245 g/mol. The first-order chi connectivity index (χ1) is 8.63. The highest BCUT2D eigenvalue weighted by Crippen LogP contribution is 2.28. The summed E-state index contributed by atoms with van der Waals surface area (Å²) in [6.45, 7) is 1.88. The summed E-state index contributed by atoms with van der Waals surface area (Å²) >= 11 is 0. The maximum absolute atomic E-state index is 10.3. The van der Waals surface area contributed by atoms with Gasteiger partial charge >= 0.3 is 0 Å². The molecule has 0 fully saturated rings. The molecule has 0 radical (unpaired) electrons. The normalized spacial score (nSPS) is 12.2. The van der Waals surface area contributed by atoms with Crippen LogP contribution >= 0.6 is 0 Å². The fourth-order valence-corrected chi connectivity index (χ4v) is 1.79. The Bertz CT molecular complexity index is 520. The molecule has 0 aliphatic carbocycles. The molecule has 0 aromatic carbocycles. The van der Waals surface area contributed by atoms with E-state index in [1.807, 2.05) is 13.0 Å². The molecule has 2 aromatic rings. The van der Waals surface area contributed by atoms with Crippen molar-refractivity contribution in [3.8, 4) is 5.88 Å². The van der Waals surface area contributed by atoms with Gasteiger partial charge in [-0.15, -0.1) is 0 Å². The number of aliphatic hydroxyl groups is 1. The van der Waals surface area contributed by atoms with Crippen molar-refractivity contribution >= 4 is 5.82 Å². The molecule has 18 heavy (non-hydrogen) atoms. The van der Waals surface area contributed by atoms with Crippen LogP contribution in [0.2, 0.25) is 0 Å². The minimum atomic E-state index is -0.836. The van der Waals surface area contributed by atoms with Crippen LogP contribution in [0.4, 0.5) is 5.82 Å². The first-order valence-corrected chi connectivity index (χ1v) is 5.52. The number of aliphatic hydroxyl groups excluding tert-OH is 1. The van der Waals surface area contributed by atoms with E-state index in [-0.39, 0.29) is 0 Å². The standard InChI is InChI=1S/C13H15N3O2/c1-8-5-6-15-13(14)11(8)12(17)9-3-4-10(18-2)16-7-9/h3-7,12,17H,1-2H3,(H2,14,15). The molecule has 5 heteroatoms. The SMILES string of the molecule is COc1ccc(C(O)c2c(C)ccnc2N)cn1. The number of hydrogen-bond acceptors (Lipinski definition) is 5. The van der Waals surface area contributed by atoms with Gasteiger partial charge in [0.25, 0.3) is 0 Å². The minimum Gasteiger partial charge on any atom is -0.481 e. The quantitative estimate of drug-likeness (QED) is 0.855. The Balaban J connectivity index is 2.38. The number of rotatable bonds is 3. The number of nitrogens with two attached hydrogens (primary N) is 1. The Hall–Kier alpha value is -2.14. The van der Waals surface area contributed by atoms with Gasteiger partial charge in [0.05, 0.1) is 7.11 Å². The smallest absolute Gasteiger partial charge is 0.212 e. The van der Waals surface area contributed by atoms with E-state index in [9.17, 15) is 5.11 Å². The van der Waals surface area contributed by atoms with Crippen LogP contribution < -0.4 is 10.5 Å². The van der Waals surface area contributed by atoms with Gasteiger partial charge in [0, 0.05) is 29.6 Å². The lowest BCUT2D eigenvalue weighted by Gasteiger charge is -2.15. The van der Waals surface area contributed by atoms with Crippen molar-refractivity contribution < 1.29 is 9.84 Å². The summed E-state index contributed by atoms with van der Waals surface area (Å²) < 4.78 is 4.97. The first kappa shape index (κ1) is 12.3. The molecular formula is C13H15N3O2. The number of ether oxygens (including phenoxy) is 1. The maximum Gasteiger partial charge on any atom is 0.212 e. The number of aryl methyl sites for hydroxylation is 1. The fraction of sp³-hybridized carbons (Fsp3) is 0.231. The lowest BCUT2D eigenvalue weighted by Crippen LogP contribution is -2.08. The zero-order valence-electron chi connectivity index (χ0n) is 10.3. The highest BCUT2D eigenvalue weighted by atomic mass is 16.5. The highest BCUT2D eigenvalue weighted by Gasteiger charge is 2.17. The average Bonchev–Trinajstić information content (AvgIpc) is 2.38. The van der Waals surface area contributed by atoms with Crippen LogP contribution in [-0.4, -0.2) is 22.2 Å². The Labute approximate surface area is 105 Å². The minimum absolute atomic E-state index is 0.332. The van der Waals surface area contributed by atoms with E-state index in [0.717, 1.165) is 5.56 Å². The highest BCUT2D eigenvalue weighted by molar-refractivity contribution is 5.48. The molecule has 0 spiro atoms. The Morgan fingerprint density at radius 2 is 2.06 bits per heavy atom. The molecule has 2 aromatic heterocycles. The van der Waals surface area contributed by atoms with Crippen LogP contribution in [-0.2, 0) is 0 Å². The lowest BCUT2D eigenvalue weighted by molar-refractivity contribution is 0.219. The monoisotopic (exact) mass is 245 g/mol. The largest absolute Gasteiger partial charge is 0.481 e. The van der Waals surface area contributed by atoms with Gasteiger partial charge in [-0.1, -0.05) is 0 Å². The molecule has 0 saturated heterocycles. The van der Waals surface area contributed by atoms with Crippen molar-refractivity contribution in [3.63, 3.8) is 0 Å². The number of nitrogens with zero attached hydrogens (tertiary/aromatic N) is 2. The summed E-state index contributed by atoms with van der Waals surface area (Å²) in [5.41, 5.74) is 7.96. The summed E-state index contributed by atoms with van der Waals surface area (Å²) in [5.74, 6) is 0.833. The number of hydrogen-bond donors (Lipinski definition) is 2. The fourth-order valence-electron chi connectivity index (χ4n) is 1.79. The number of aromatic nitrogens is 2. The molecule has 1 unspecified atom stereocenters. The van der Waals surface area contributed by atoms with Gasteiger partial charge < -0.3 is 15.6 Å². The third-order valence-electron chi connectivity index (χ3n) is 2.80. The zero-order valence-corrected chi connectivity index (χ0v) is 10.3. The number of nitrogen functional groups attached to an aromatic ring is 1. The van der Waals surface area contributed by atoms with Crippen molar-refractivity contribution in [2.45, 2.75) is 13.0 Å². The molecule has 5 nitrogen and oxygen atoms in total. The zero-order chi connectivity index (χ0) is 13.1. The van der Waals surface area contributed by atoms with Crippen molar-refractivity contribution in [3.05, 3.63) is 47.3 Å². The second-order valence-electron chi connectivity index (χ2n) is 3.96. The topological polar surface area (TPSA) is 81.3 Å². The van der Waals surface area contributed by atoms with Crippen LogP contribution in [0.3, 0.4) is 0 Å². The molecule has 3 N–H and O–H groups in total. The molecule has 0 aliphatic rings. The summed E-state index contributed by atoms with van der Waals surface area (Å²) in [5, 5.41) is 10.3. The second kappa shape index (κ2) is 5.01. The maximum atomic E-state index is 10.3. The van der Waals surface area contributed by atoms with Gasteiger partial charge in [0.15, 0.2) is 0 Å². The molecule has 0 amide bonds. The number of methoxy groups -OCH3 is 1. The Morgan fingerprint density at radius 1 is 1.28 bits per heavy atom. The molecule has 0 saturated carbocycles. The molecule has 2 rings (SSSR count).